The number of methoxy groups -OCH3 is 1. The summed E-state index contributed by atoms with van der Waals surface area (Å²) in [6.07, 6.45) is 1.60. The molecule has 1 amide bonds. The molecule has 1 rings (SSSR count). The number of para-hydroxylation sites is 1. The van der Waals surface area contributed by atoms with E-state index in [9.17, 15) is 4.79 Å². The van der Waals surface area contributed by atoms with Gasteiger partial charge in [0.25, 0.3) is 0 Å². The Morgan fingerprint density at radius 2 is 2.11 bits per heavy atom. The number of rotatable bonds is 6. The highest BCUT2D eigenvalue weighted by molar-refractivity contribution is 5.81. The van der Waals surface area contributed by atoms with Gasteiger partial charge in [0.05, 0.1) is 19.2 Å². The minimum absolute atomic E-state index is 0.114. The maximum absolute atomic E-state index is 11.8. The standard InChI is InChI=1S/C14H22N2O2/c1-4-7-12(15)14(17)16-10(2)11-8-5-6-9-13(11)18-3/h5-6,8-10,12H,4,7,15H2,1-3H3,(H,16,17)/t10-,12+/m0/s1. The molecule has 0 fully saturated rings. The molecule has 4 nitrogen and oxygen atoms in total. The zero-order valence-electron chi connectivity index (χ0n) is 11.3. The summed E-state index contributed by atoms with van der Waals surface area (Å²) in [7, 11) is 1.62. The zero-order valence-corrected chi connectivity index (χ0v) is 11.3. The lowest BCUT2D eigenvalue weighted by molar-refractivity contribution is -0.123. The molecule has 0 aliphatic carbocycles. The van der Waals surface area contributed by atoms with Gasteiger partial charge in [0.2, 0.25) is 5.91 Å². The van der Waals surface area contributed by atoms with E-state index in [1.807, 2.05) is 38.1 Å². The Morgan fingerprint density at radius 3 is 2.72 bits per heavy atom. The SMILES string of the molecule is CCC[C@@H](N)C(=O)N[C@@H](C)c1ccccc1OC. The van der Waals surface area contributed by atoms with Crippen LogP contribution >= 0.6 is 0 Å². The first-order valence-electron chi connectivity index (χ1n) is 6.29. The van der Waals surface area contributed by atoms with Crippen LogP contribution in [0.5, 0.6) is 5.75 Å². The molecule has 1 aromatic carbocycles. The third-order valence-electron chi connectivity index (χ3n) is 2.90. The van der Waals surface area contributed by atoms with Crippen LogP contribution in [0.1, 0.15) is 38.3 Å². The van der Waals surface area contributed by atoms with Crippen LogP contribution in [-0.4, -0.2) is 19.1 Å². The molecule has 2 atom stereocenters. The Balaban J connectivity index is 2.70. The molecule has 4 heteroatoms. The van der Waals surface area contributed by atoms with Crippen molar-refractivity contribution in [2.75, 3.05) is 7.11 Å². The van der Waals surface area contributed by atoms with Crippen LogP contribution in [0.4, 0.5) is 0 Å². The Bertz CT molecular complexity index is 393. The number of hydrogen-bond donors (Lipinski definition) is 2. The van der Waals surface area contributed by atoms with Crippen molar-refractivity contribution in [1.82, 2.24) is 5.32 Å². The second-order valence-corrected chi connectivity index (χ2v) is 4.37. The molecule has 0 saturated carbocycles. The van der Waals surface area contributed by atoms with E-state index in [0.29, 0.717) is 6.42 Å². The highest BCUT2D eigenvalue weighted by atomic mass is 16.5. The largest absolute Gasteiger partial charge is 0.496 e. The maximum Gasteiger partial charge on any atom is 0.237 e. The zero-order chi connectivity index (χ0) is 13.5. The fraction of sp³-hybridized carbons (Fsp3) is 0.500. The van der Waals surface area contributed by atoms with E-state index >= 15 is 0 Å². The first kappa shape index (κ1) is 14.5. The molecule has 0 aromatic heterocycles. The minimum Gasteiger partial charge on any atom is -0.496 e. The lowest BCUT2D eigenvalue weighted by Crippen LogP contribution is -2.41. The number of amides is 1. The Hall–Kier alpha value is -1.55. The molecule has 18 heavy (non-hydrogen) atoms. The van der Waals surface area contributed by atoms with E-state index in [-0.39, 0.29) is 11.9 Å². The summed E-state index contributed by atoms with van der Waals surface area (Å²) >= 11 is 0. The van der Waals surface area contributed by atoms with E-state index < -0.39 is 6.04 Å². The third-order valence-corrected chi connectivity index (χ3v) is 2.90. The van der Waals surface area contributed by atoms with Crippen molar-refractivity contribution >= 4 is 5.91 Å². The van der Waals surface area contributed by atoms with Crippen LogP contribution in [-0.2, 0) is 4.79 Å². The lowest BCUT2D eigenvalue weighted by Gasteiger charge is -2.19. The summed E-state index contributed by atoms with van der Waals surface area (Å²) in [4.78, 5) is 11.8. The molecular formula is C14H22N2O2. The second kappa shape index (κ2) is 7.01. The molecule has 0 radical (unpaired) electrons. The molecule has 0 bridgehead atoms. The Kier molecular flexibility index (Phi) is 5.65. The van der Waals surface area contributed by atoms with Crippen molar-refractivity contribution in [1.29, 1.82) is 0 Å². The summed E-state index contributed by atoms with van der Waals surface area (Å²) < 4.78 is 5.27. The average Bonchev–Trinajstić information content (AvgIpc) is 2.38. The van der Waals surface area contributed by atoms with Crippen molar-refractivity contribution in [3.05, 3.63) is 29.8 Å². The van der Waals surface area contributed by atoms with Crippen molar-refractivity contribution in [3.63, 3.8) is 0 Å². The van der Waals surface area contributed by atoms with Gasteiger partial charge in [0, 0.05) is 5.56 Å². The number of hydrogen-bond acceptors (Lipinski definition) is 3. The van der Waals surface area contributed by atoms with E-state index in [1.54, 1.807) is 7.11 Å². The summed E-state index contributed by atoms with van der Waals surface area (Å²) in [5, 5.41) is 2.91. The van der Waals surface area contributed by atoms with Crippen LogP contribution in [0.15, 0.2) is 24.3 Å². The van der Waals surface area contributed by atoms with Gasteiger partial charge in [0.1, 0.15) is 5.75 Å². The van der Waals surface area contributed by atoms with E-state index in [1.165, 1.54) is 0 Å². The molecule has 1 aromatic rings. The molecule has 0 saturated heterocycles. The number of benzene rings is 1. The van der Waals surface area contributed by atoms with E-state index in [0.717, 1.165) is 17.7 Å². The number of carbonyl (C=O) groups is 1. The van der Waals surface area contributed by atoms with Gasteiger partial charge < -0.3 is 15.8 Å². The fourth-order valence-corrected chi connectivity index (χ4v) is 1.86. The van der Waals surface area contributed by atoms with E-state index in [4.69, 9.17) is 10.5 Å². The molecule has 0 unspecified atom stereocenters. The van der Waals surface area contributed by atoms with Crippen LogP contribution in [0.3, 0.4) is 0 Å². The number of carbonyl (C=O) groups excluding carboxylic acids is 1. The predicted molar refractivity (Wildman–Crippen MR) is 72.4 cm³/mol. The lowest BCUT2D eigenvalue weighted by atomic mass is 10.1. The van der Waals surface area contributed by atoms with Crippen LogP contribution in [0, 0.1) is 0 Å². The molecule has 100 valence electrons. The van der Waals surface area contributed by atoms with Gasteiger partial charge in [0.15, 0.2) is 0 Å². The average molecular weight is 250 g/mol. The maximum atomic E-state index is 11.8. The number of ether oxygens (including phenoxy) is 1. The van der Waals surface area contributed by atoms with Gasteiger partial charge in [-0.1, -0.05) is 31.5 Å². The molecule has 0 aliphatic rings. The smallest absolute Gasteiger partial charge is 0.237 e. The number of nitrogens with two attached hydrogens (primary N) is 1. The molecular weight excluding hydrogens is 228 g/mol. The number of nitrogens with one attached hydrogen (secondary N) is 1. The van der Waals surface area contributed by atoms with Crippen molar-refractivity contribution in [2.24, 2.45) is 5.73 Å². The van der Waals surface area contributed by atoms with Gasteiger partial charge in [-0.3, -0.25) is 4.79 Å². The predicted octanol–water partition coefficient (Wildman–Crippen LogP) is 2.00. The van der Waals surface area contributed by atoms with Crippen molar-refractivity contribution in [3.8, 4) is 5.75 Å². The van der Waals surface area contributed by atoms with Gasteiger partial charge in [-0.15, -0.1) is 0 Å². The summed E-state index contributed by atoms with van der Waals surface area (Å²) in [5.74, 6) is 0.657. The third kappa shape index (κ3) is 3.74. The van der Waals surface area contributed by atoms with Crippen molar-refractivity contribution < 1.29 is 9.53 Å². The molecule has 3 N–H and O–H groups in total. The van der Waals surface area contributed by atoms with Crippen LogP contribution in [0.25, 0.3) is 0 Å². The summed E-state index contributed by atoms with van der Waals surface area (Å²) in [5.41, 5.74) is 6.74. The van der Waals surface area contributed by atoms with E-state index in [2.05, 4.69) is 5.32 Å². The molecule has 0 spiro atoms. The topological polar surface area (TPSA) is 64.4 Å². The summed E-state index contributed by atoms with van der Waals surface area (Å²) in [6, 6.07) is 7.09. The Morgan fingerprint density at radius 1 is 1.44 bits per heavy atom. The van der Waals surface area contributed by atoms with Crippen molar-refractivity contribution in [2.45, 2.75) is 38.8 Å². The van der Waals surface area contributed by atoms with Gasteiger partial charge in [-0.05, 0) is 19.4 Å². The Labute approximate surface area is 109 Å². The second-order valence-electron chi connectivity index (χ2n) is 4.37. The normalized spacial score (nSPS) is 13.8. The highest BCUT2D eigenvalue weighted by Gasteiger charge is 2.17. The summed E-state index contributed by atoms with van der Waals surface area (Å²) in [6.45, 7) is 3.94. The van der Waals surface area contributed by atoms with Crippen LogP contribution in [0.2, 0.25) is 0 Å². The van der Waals surface area contributed by atoms with Gasteiger partial charge in [-0.25, -0.2) is 0 Å². The minimum atomic E-state index is -0.438. The highest BCUT2D eigenvalue weighted by Crippen LogP contribution is 2.24. The van der Waals surface area contributed by atoms with Gasteiger partial charge >= 0.3 is 0 Å². The molecule has 0 aliphatic heterocycles. The monoisotopic (exact) mass is 250 g/mol. The quantitative estimate of drug-likeness (QED) is 0.811. The van der Waals surface area contributed by atoms with Crippen LogP contribution < -0.4 is 15.8 Å². The first-order chi connectivity index (χ1) is 8.60. The molecule has 0 heterocycles. The first-order valence-corrected chi connectivity index (χ1v) is 6.29. The fourth-order valence-electron chi connectivity index (χ4n) is 1.86. The van der Waals surface area contributed by atoms with Gasteiger partial charge in [-0.2, -0.15) is 0 Å².